The van der Waals surface area contributed by atoms with E-state index in [0.717, 1.165) is 29.5 Å². The number of fused-ring (bicyclic) bond motifs is 2. The normalized spacial score (nSPS) is 17.2. The topological polar surface area (TPSA) is 102 Å². The van der Waals surface area contributed by atoms with Crippen molar-refractivity contribution in [1.29, 1.82) is 0 Å². The number of aromatic nitrogens is 6. The lowest BCUT2D eigenvalue weighted by Gasteiger charge is -2.38. The number of anilines is 2. The summed E-state index contributed by atoms with van der Waals surface area (Å²) in [4.78, 5) is 29.0. The van der Waals surface area contributed by atoms with Gasteiger partial charge in [0.05, 0.1) is 11.6 Å². The van der Waals surface area contributed by atoms with Gasteiger partial charge in [-0.05, 0) is 25.7 Å². The van der Waals surface area contributed by atoms with Gasteiger partial charge in [0, 0.05) is 25.0 Å². The first-order valence-electron chi connectivity index (χ1n) is 8.74. The first-order chi connectivity index (χ1) is 12.7. The summed E-state index contributed by atoms with van der Waals surface area (Å²) in [6.45, 7) is 1.22. The zero-order chi connectivity index (χ0) is 17.7. The fraction of sp³-hybridized carbons (Fsp3) is 0.500. The van der Waals surface area contributed by atoms with E-state index < -0.39 is 0 Å². The van der Waals surface area contributed by atoms with E-state index in [-0.39, 0.29) is 11.8 Å². The summed E-state index contributed by atoms with van der Waals surface area (Å²) in [5, 5.41) is 11.8. The number of hydrogen-bond donors (Lipinski definition) is 1. The minimum absolute atomic E-state index is 0.0248. The molecule has 1 saturated heterocycles. The maximum absolute atomic E-state index is 12.5. The van der Waals surface area contributed by atoms with Gasteiger partial charge in [0.25, 0.3) is 0 Å². The molecule has 0 aromatic carbocycles. The van der Waals surface area contributed by atoms with Crippen molar-refractivity contribution in [3.63, 3.8) is 0 Å². The largest absolute Gasteiger partial charge is 0.353 e. The molecule has 1 fully saturated rings. The quantitative estimate of drug-likeness (QED) is 0.738. The summed E-state index contributed by atoms with van der Waals surface area (Å²) in [5.74, 6) is 0.686. The number of aryl methyl sites for hydroxylation is 3. The molecule has 4 heterocycles. The summed E-state index contributed by atoms with van der Waals surface area (Å²) in [6, 6.07) is 0. The Morgan fingerprint density at radius 2 is 2.12 bits per heavy atom. The lowest BCUT2D eigenvalue weighted by Crippen LogP contribution is -2.52. The van der Waals surface area contributed by atoms with Gasteiger partial charge in [-0.2, -0.15) is 0 Å². The molecule has 10 heteroatoms. The predicted molar refractivity (Wildman–Crippen MR) is 97.2 cm³/mol. The Kier molecular flexibility index (Phi) is 3.59. The number of thiazole rings is 1. The van der Waals surface area contributed by atoms with Gasteiger partial charge in [0.15, 0.2) is 22.1 Å². The van der Waals surface area contributed by atoms with Gasteiger partial charge in [-0.15, -0.1) is 16.4 Å². The SMILES string of the molecule is Cn1nnc2c(N3CC(C(=O)Nc4nc5c(s4)CCCC5)C3)ncnc21. The molecule has 1 aliphatic heterocycles. The number of nitrogens with zero attached hydrogens (tertiary/aromatic N) is 7. The van der Waals surface area contributed by atoms with Crippen LogP contribution in [0.15, 0.2) is 6.33 Å². The number of amides is 1. The lowest BCUT2D eigenvalue weighted by molar-refractivity contribution is -0.120. The Hall–Kier alpha value is -2.62. The molecule has 134 valence electrons. The number of rotatable bonds is 3. The standard InChI is InChI=1S/C16H18N8OS/c1-23-13-12(21-22-23)14(18-8-17-13)24-6-9(7-24)15(25)20-16-19-10-4-2-3-5-11(10)26-16/h8-9H,2-7H2,1H3,(H,19,20,25). The summed E-state index contributed by atoms with van der Waals surface area (Å²) in [6.07, 6.45) is 6.03. The molecule has 1 amide bonds. The van der Waals surface area contributed by atoms with Crippen LogP contribution in [0.4, 0.5) is 10.9 Å². The summed E-state index contributed by atoms with van der Waals surface area (Å²) < 4.78 is 1.62. The molecular formula is C16H18N8OS. The second kappa shape index (κ2) is 5.97. The van der Waals surface area contributed by atoms with Crippen LogP contribution in [0.25, 0.3) is 11.2 Å². The van der Waals surface area contributed by atoms with Gasteiger partial charge in [-0.1, -0.05) is 5.21 Å². The zero-order valence-corrected chi connectivity index (χ0v) is 15.2. The molecule has 0 spiro atoms. The van der Waals surface area contributed by atoms with Crippen LogP contribution in [0.5, 0.6) is 0 Å². The smallest absolute Gasteiger partial charge is 0.232 e. The van der Waals surface area contributed by atoms with E-state index in [9.17, 15) is 4.79 Å². The third-order valence-electron chi connectivity index (χ3n) is 5.00. The highest BCUT2D eigenvalue weighted by atomic mass is 32.1. The molecule has 0 radical (unpaired) electrons. The van der Waals surface area contributed by atoms with Crippen molar-refractivity contribution in [1.82, 2.24) is 29.9 Å². The van der Waals surface area contributed by atoms with Gasteiger partial charge < -0.3 is 10.2 Å². The van der Waals surface area contributed by atoms with Crippen LogP contribution in [0.3, 0.4) is 0 Å². The van der Waals surface area contributed by atoms with Crippen molar-refractivity contribution in [2.24, 2.45) is 13.0 Å². The zero-order valence-electron chi connectivity index (χ0n) is 14.3. The highest BCUT2D eigenvalue weighted by Gasteiger charge is 2.35. The average molecular weight is 370 g/mol. The van der Waals surface area contributed by atoms with E-state index in [1.165, 1.54) is 24.0 Å². The molecule has 0 atom stereocenters. The van der Waals surface area contributed by atoms with E-state index in [2.05, 4.69) is 30.6 Å². The highest BCUT2D eigenvalue weighted by molar-refractivity contribution is 7.15. The van der Waals surface area contributed by atoms with Crippen LogP contribution in [0, 0.1) is 5.92 Å². The van der Waals surface area contributed by atoms with Crippen molar-refractivity contribution >= 4 is 39.4 Å². The van der Waals surface area contributed by atoms with Crippen LogP contribution in [-0.2, 0) is 24.7 Å². The van der Waals surface area contributed by atoms with Gasteiger partial charge in [-0.3, -0.25) is 4.79 Å². The summed E-state index contributed by atoms with van der Waals surface area (Å²) >= 11 is 1.62. The molecule has 0 saturated carbocycles. The van der Waals surface area contributed by atoms with E-state index >= 15 is 0 Å². The second-order valence-corrected chi connectivity index (χ2v) is 7.85. The molecule has 5 rings (SSSR count). The molecule has 9 nitrogen and oxygen atoms in total. The minimum Gasteiger partial charge on any atom is -0.353 e. The summed E-state index contributed by atoms with van der Waals surface area (Å²) in [5.41, 5.74) is 2.52. The molecular weight excluding hydrogens is 352 g/mol. The third kappa shape index (κ3) is 2.52. The van der Waals surface area contributed by atoms with Gasteiger partial charge in [0.1, 0.15) is 6.33 Å². The average Bonchev–Trinajstić information content (AvgIpc) is 3.17. The Balaban J connectivity index is 1.26. The molecule has 26 heavy (non-hydrogen) atoms. The molecule has 0 unspecified atom stereocenters. The van der Waals surface area contributed by atoms with Crippen LogP contribution >= 0.6 is 11.3 Å². The van der Waals surface area contributed by atoms with Crippen LogP contribution < -0.4 is 10.2 Å². The van der Waals surface area contributed by atoms with Crippen molar-refractivity contribution in [3.8, 4) is 0 Å². The van der Waals surface area contributed by atoms with Crippen LogP contribution in [0.2, 0.25) is 0 Å². The molecule has 1 aliphatic carbocycles. The van der Waals surface area contributed by atoms with Crippen molar-refractivity contribution in [2.45, 2.75) is 25.7 Å². The van der Waals surface area contributed by atoms with Gasteiger partial charge >= 0.3 is 0 Å². The maximum Gasteiger partial charge on any atom is 0.232 e. The molecule has 3 aromatic heterocycles. The molecule has 1 N–H and O–H groups in total. The fourth-order valence-electron chi connectivity index (χ4n) is 3.50. The summed E-state index contributed by atoms with van der Waals surface area (Å²) in [7, 11) is 1.80. The number of nitrogens with one attached hydrogen (secondary N) is 1. The van der Waals surface area contributed by atoms with Crippen molar-refractivity contribution in [3.05, 3.63) is 16.9 Å². The lowest BCUT2D eigenvalue weighted by atomic mass is 9.99. The van der Waals surface area contributed by atoms with E-state index in [1.807, 2.05) is 4.90 Å². The van der Waals surface area contributed by atoms with Crippen molar-refractivity contribution in [2.75, 3.05) is 23.3 Å². The highest BCUT2D eigenvalue weighted by Crippen LogP contribution is 2.31. The Labute approximate surface area is 153 Å². The first kappa shape index (κ1) is 15.6. The van der Waals surface area contributed by atoms with E-state index in [1.54, 1.807) is 23.1 Å². The monoisotopic (exact) mass is 370 g/mol. The Bertz CT molecular complexity index is 966. The third-order valence-corrected chi connectivity index (χ3v) is 6.07. The molecule has 2 aliphatic rings. The van der Waals surface area contributed by atoms with Crippen molar-refractivity contribution < 1.29 is 4.79 Å². The first-order valence-corrected chi connectivity index (χ1v) is 9.55. The maximum atomic E-state index is 12.5. The number of hydrogen-bond acceptors (Lipinski definition) is 8. The minimum atomic E-state index is -0.0717. The number of carbonyl (C=O) groups excluding carboxylic acids is 1. The fourth-order valence-corrected chi connectivity index (χ4v) is 4.56. The number of carbonyl (C=O) groups is 1. The Morgan fingerprint density at radius 1 is 1.27 bits per heavy atom. The van der Waals surface area contributed by atoms with Gasteiger partial charge in [-0.25, -0.2) is 19.6 Å². The van der Waals surface area contributed by atoms with Crippen LogP contribution in [0.1, 0.15) is 23.4 Å². The van der Waals surface area contributed by atoms with Crippen LogP contribution in [-0.4, -0.2) is 48.9 Å². The van der Waals surface area contributed by atoms with E-state index in [4.69, 9.17) is 0 Å². The second-order valence-electron chi connectivity index (χ2n) is 6.77. The van der Waals surface area contributed by atoms with Gasteiger partial charge in [0.2, 0.25) is 5.91 Å². The predicted octanol–water partition coefficient (Wildman–Crippen LogP) is 1.17. The van der Waals surface area contributed by atoms with E-state index in [0.29, 0.717) is 24.3 Å². The Morgan fingerprint density at radius 3 is 2.96 bits per heavy atom. The molecule has 3 aromatic rings. The molecule has 0 bridgehead atoms.